The SMILES string of the molecule is Cc1c2ccc(c1Cl)O[C@H](CO)COc1ccc(OCc3ccnc(-c4ccccc4C#N)n3)c(c1)C[C@H](C(=O)O)Oc1ncnc3sc(-c4ccc(F)cc4)c-2c13. The Morgan fingerprint density at radius 2 is 1.86 bits per heavy atom. The fourth-order valence-electron chi connectivity index (χ4n) is 6.57. The van der Waals surface area contributed by atoms with Crippen molar-refractivity contribution in [3.8, 4) is 62.2 Å². The predicted molar refractivity (Wildman–Crippen MR) is 214 cm³/mol. The van der Waals surface area contributed by atoms with Gasteiger partial charge in [0.15, 0.2) is 11.9 Å². The van der Waals surface area contributed by atoms with Gasteiger partial charge in [-0.15, -0.1) is 11.3 Å². The van der Waals surface area contributed by atoms with Crippen molar-refractivity contribution in [2.75, 3.05) is 13.2 Å². The summed E-state index contributed by atoms with van der Waals surface area (Å²) >= 11 is 8.27. The molecule has 0 fully saturated rings. The molecule has 290 valence electrons. The van der Waals surface area contributed by atoms with E-state index in [2.05, 4.69) is 26.0 Å². The minimum Gasteiger partial charge on any atom is -0.490 e. The molecule has 0 spiro atoms. The van der Waals surface area contributed by atoms with Crippen LogP contribution in [0.25, 0.3) is 43.2 Å². The van der Waals surface area contributed by atoms with Crippen molar-refractivity contribution in [2.24, 2.45) is 0 Å². The van der Waals surface area contributed by atoms with Crippen molar-refractivity contribution in [1.82, 2.24) is 19.9 Å². The third-order valence-corrected chi connectivity index (χ3v) is 11.1. The molecule has 5 heterocycles. The number of nitriles is 1. The highest BCUT2D eigenvalue weighted by molar-refractivity contribution is 7.22. The Morgan fingerprint density at radius 3 is 2.66 bits per heavy atom. The van der Waals surface area contributed by atoms with Gasteiger partial charge >= 0.3 is 5.97 Å². The van der Waals surface area contributed by atoms with Gasteiger partial charge in [0.25, 0.3) is 0 Å². The summed E-state index contributed by atoms with van der Waals surface area (Å²) in [6, 6.07) is 25.3. The second kappa shape index (κ2) is 16.4. The van der Waals surface area contributed by atoms with E-state index < -0.39 is 30.6 Å². The molecule has 58 heavy (non-hydrogen) atoms. The maximum atomic E-state index is 14.1. The second-order valence-corrected chi connectivity index (χ2v) is 14.6. The summed E-state index contributed by atoms with van der Waals surface area (Å²) < 4.78 is 39.0. The lowest BCUT2D eigenvalue weighted by atomic mass is 9.96. The highest BCUT2D eigenvalue weighted by atomic mass is 35.5. The lowest BCUT2D eigenvalue weighted by Gasteiger charge is -2.21. The number of nitrogens with zero attached hydrogens (tertiary/aromatic N) is 5. The van der Waals surface area contributed by atoms with Gasteiger partial charge in [0.1, 0.15) is 47.4 Å². The summed E-state index contributed by atoms with van der Waals surface area (Å²) in [5, 5.41) is 31.3. The summed E-state index contributed by atoms with van der Waals surface area (Å²) in [5.74, 6) is -0.327. The zero-order valence-electron chi connectivity index (χ0n) is 30.6. The number of ether oxygens (including phenoxy) is 4. The number of carboxylic acids is 1. The second-order valence-electron chi connectivity index (χ2n) is 13.2. The third kappa shape index (κ3) is 7.70. The van der Waals surface area contributed by atoms with E-state index in [1.165, 1.54) is 29.8 Å². The van der Waals surface area contributed by atoms with Crippen LogP contribution >= 0.6 is 22.9 Å². The number of thiophene rings is 1. The van der Waals surface area contributed by atoms with Gasteiger partial charge in [0.2, 0.25) is 12.0 Å². The maximum Gasteiger partial charge on any atom is 0.345 e. The van der Waals surface area contributed by atoms with Crippen LogP contribution in [-0.4, -0.2) is 61.5 Å². The van der Waals surface area contributed by atoms with Crippen molar-refractivity contribution in [3.63, 3.8) is 0 Å². The minimum absolute atomic E-state index is 0.0126. The summed E-state index contributed by atoms with van der Waals surface area (Å²) in [6.07, 6.45) is 0.364. The van der Waals surface area contributed by atoms with Gasteiger partial charge < -0.3 is 29.2 Å². The first-order chi connectivity index (χ1) is 28.2. The van der Waals surface area contributed by atoms with Gasteiger partial charge in [0, 0.05) is 34.2 Å². The number of aliphatic hydroxyl groups is 1. The van der Waals surface area contributed by atoms with E-state index >= 15 is 0 Å². The van der Waals surface area contributed by atoms with Crippen LogP contribution in [0, 0.1) is 24.1 Å². The Balaban J connectivity index is 1.22. The zero-order chi connectivity index (χ0) is 40.3. The van der Waals surface area contributed by atoms with Crippen molar-refractivity contribution in [2.45, 2.75) is 32.2 Å². The van der Waals surface area contributed by atoms with Crippen LogP contribution in [0.15, 0.2) is 97.5 Å². The van der Waals surface area contributed by atoms with Gasteiger partial charge in [-0.1, -0.05) is 41.9 Å². The number of fused-ring (bicyclic) bond motifs is 7. The van der Waals surface area contributed by atoms with Crippen LogP contribution < -0.4 is 18.9 Å². The number of aromatic nitrogens is 4. The molecule has 15 heteroatoms. The molecule has 0 radical (unpaired) electrons. The van der Waals surface area contributed by atoms with E-state index in [-0.39, 0.29) is 30.5 Å². The standard InChI is InChI=1S/C43H31ClFN5O7S/c1-23-31-11-13-34(38(23)44)56-30(19-51)21-54-29-10-12-33(55-20-28-14-15-47-40(50-28)32-5-3-2-4-25(32)18-46)26(16-29)17-35(43(52)53)57-41-37-36(31)39(58-42(37)49-22-48-41)24-6-8-27(45)9-7-24/h2-16,22,30,35,51H,17,19-21H2,1H3,(H,52,53)/t30-,35-/m1/s1. The van der Waals surface area contributed by atoms with E-state index in [1.807, 2.05) is 6.92 Å². The summed E-state index contributed by atoms with van der Waals surface area (Å²) in [4.78, 5) is 32.2. The molecule has 2 atom stereocenters. The molecule has 2 aliphatic rings. The fraction of sp³-hybridized carbons (Fsp3) is 0.163. The summed E-state index contributed by atoms with van der Waals surface area (Å²) in [5.41, 5.74) is 4.49. The third-order valence-electron chi connectivity index (χ3n) is 9.46. The predicted octanol–water partition coefficient (Wildman–Crippen LogP) is 8.24. The number of aliphatic hydroxyl groups excluding tert-OH is 1. The molecule has 0 saturated carbocycles. The van der Waals surface area contributed by atoms with E-state index in [9.17, 15) is 24.7 Å². The van der Waals surface area contributed by atoms with Gasteiger partial charge in [-0.3, -0.25) is 0 Å². The maximum absolute atomic E-state index is 14.1. The molecule has 0 amide bonds. The average Bonchev–Trinajstić information content (AvgIpc) is 3.63. The number of hydrogen-bond acceptors (Lipinski definition) is 12. The van der Waals surface area contributed by atoms with Crippen LogP contribution in [0.5, 0.6) is 23.1 Å². The van der Waals surface area contributed by atoms with Crippen LogP contribution in [0.1, 0.15) is 22.4 Å². The van der Waals surface area contributed by atoms with Crippen molar-refractivity contribution < 1.29 is 38.3 Å². The smallest absolute Gasteiger partial charge is 0.345 e. The molecular weight excluding hydrogens is 785 g/mol. The van der Waals surface area contributed by atoms with Gasteiger partial charge in [-0.25, -0.2) is 29.1 Å². The highest BCUT2D eigenvalue weighted by Gasteiger charge is 2.29. The molecule has 7 aromatic rings. The Kier molecular flexibility index (Phi) is 10.8. The van der Waals surface area contributed by atoms with E-state index in [0.717, 1.165) is 0 Å². The van der Waals surface area contributed by atoms with Crippen LogP contribution in [-0.2, 0) is 17.8 Å². The monoisotopic (exact) mass is 815 g/mol. The number of carbonyl (C=O) groups is 1. The van der Waals surface area contributed by atoms with Gasteiger partial charge in [-0.2, -0.15) is 5.26 Å². The first-order valence-corrected chi connectivity index (χ1v) is 19.1. The molecule has 9 rings (SSSR count). The van der Waals surface area contributed by atoms with Crippen molar-refractivity contribution in [1.29, 1.82) is 5.26 Å². The Bertz CT molecular complexity index is 2720. The average molecular weight is 816 g/mol. The molecule has 3 aromatic heterocycles. The molecule has 0 unspecified atom stereocenters. The molecule has 2 aliphatic heterocycles. The number of aliphatic carboxylic acids is 1. The van der Waals surface area contributed by atoms with Crippen LogP contribution in [0.4, 0.5) is 4.39 Å². The number of benzene rings is 4. The van der Waals surface area contributed by atoms with Crippen LogP contribution in [0.2, 0.25) is 5.02 Å². The molecule has 0 saturated heterocycles. The Labute approximate surface area is 339 Å². The molecule has 2 N–H and O–H groups in total. The first kappa shape index (κ1) is 38.2. The van der Waals surface area contributed by atoms with E-state index in [4.69, 9.17) is 30.5 Å². The summed E-state index contributed by atoms with van der Waals surface area (Å²) in [6.45, 7) is 1.31. The topological polar surface area (TPSA) is 170 Å². The Hall–Kier alpha value is -6.66. The van der Waals surface area contributed by atoms with Gasteiger partial charge in [-0.05, 0) is 78.2 Å². The minimum atomic E-state index is -1.48. The quantitative estimate of drug-likeness (QED) is 0.158. The largest absolute Gasteiger partial charge is 0.490 e. The fourth-order valence-corrected chi connectivity index (χ4v) is 7.93. The summed E-state index contributed by atoms with van der Waals surface area (Å²) in [7, 11) is 0. The number of carboxylic acid groups (broad SMARTS) is 1. The molecule has 0 aliphatic carbocycles. The first-order valence-electron chi connectivity index (χ1n) is 17.9. The van der Waals surface area contributed by atoms with E-state index in [1.54, 1.807) is 79.0 Å². The molecule has 4 bridgehead atoms. The zero-order valence-corrected chi connectivity index (χ0v) is 32.1. The van der Waals surface area contributed by atoms with E-state index in [0.29, 0.717) is 82.8 Å². The van der Waals surface area contributed by atoms with Gasteiger partial charge in [0.05, 0.1) is 34.3 Å². The number of hydrogen-bond donors (Lipinski definition) is 2. The number of rotatable bonds is 7. The lowest BCUT2D eigenvalue weighted by Crippen LogP contribution is -2.30. The molecule has 12 nitrogen and oxygen atoms in total. The highest BCUT2D eigenvalue weighted by Crippen LogP contribution is 2.49. The molecule has 4 aromatic carbocycles. The van der Waals surface area contributed by atoms with Crippen molar-refractivity contribution in [3.05, 3.63) is 131 Å². The Morgan fingerprint density at radius 1 is 1.03 bits per heavy atom. The normalized spacial score (nSPS) is 15.1. The lowest BCUT2D eigenvalue weighted by molar-refractivity contribution is -0.145. The molecular formula is C43H31ClFN5O7S. The number of halogens is 2. The van der Waals surface area contributed by atoms with Crippen LogP contribution in [0.3, 0.4) is 0 Å². The van der Waals surface area contributed by atoms with Crippen molar-refractivity contribution >= 4 is 39.1 Å².